The first kappa shape index (κ1) is 15.8. The molecular formula is C15H23BrN2O2. The SMILES string of the molecule is CCN1CCOC(CNC)C1c1cc(Br)ccc1OC. The fourth-order valence-corrected chi connectivity index (χ4v) is 3.23. The van der Waals surface area contributed by atoms with Crippen LogP contribution in [0.2, 0.25) is 0 Å². The molecule has 2 unspecified atom stereocenters. The lowest BCUT2D eigenvalue weighted by Crippen LogP contribution is -2.48. The van der Waals surface area contributed by atoms with Gasteiger partial charge in [0.25, 0.3) is 0 Å². The number of halogens is 1. The number of methoxy groups -OCH3 is 1. The molecule has 1 saturated heterocycles. The van der Waals surface area contributed by atoms with Crippen LogP contribution < -0.4 is 10.1 Å². The molecule has 1 N–H and O–H groups in total. The van der Waals surface area contributed by atoms with Gasteiger partial charge in [-0.2, -0.15) is 0 Å². The molecule has 0 saturated carbocycles. The smallest absolute Gasteiger partial charge is 0.123 e. The van der Waals surface area contributed by atoms with Crippen molar-refractivity contribution in [3.8, 4) is 5.75 Å². The van der Waals surface area contributed by atoms with Crippen molar-refractivity contribution in [2.45, 2.75) is 19.1 Å². The Kier molecular flexibility index (Phi) is 5.84. The average molecular weight is 343 g/mol. The Morgan fingerprint density at radius 3 is 2.95 bits per heavy atom. The molecule has 5 heteroatoms. The van der Waals surface area contributed by atoms with E-state index in [2.05, 4.69) is 39.1 Å². The van der Waals surface area contributed by atoms with Gasteiger partial charge in [0.1, 0.15) is 5.75 Å². The van der Waals surface area contributed by atoms with Crippen LogP contribution in [0.3, 0.4) is 0 Å². The van der Waals surface area contributed by atoms with Gasteiger partial charge in [-0.3, -0.25) is 4.90 Å². The summed E-state index contributed by atoms with van der Waals surface area (Å²) in [6, 6.07) is 6.38. The lowest BCUT2D eigenvalue weighted by molar-refractivity contribution is -0.0692. The first-order chi connectivity index (χ1) is 9.71. The molecular weight excluding hydrogens is 320 g/mol. The molecule has 2 rings (SSSR count). The Morgan fingerprint density at radius 2 is 2.30 bits per heavy atom. The van der Waals surface area contributed by atoms with E-state index in [1.807, 2.05) is 19.2 Å². The van der Waals surface area contributed by atoms with E-state index in [0.717, 1.165) is 36.5 Å². The second-order valence-electron chi connectivity index (χ2n) is 4.93. The number of hydrogen-bond donors (Lipinski definition) is 1. The van der Waals surface area contributed by atoms with E-state index >= 15 is 0 Å². The fraction of sp³-hybridized carbons (Fsp3) is 0.600. The van der Waals surface area contributed by atoms with E-state index in [1.165, 1.54) is 5.56 Å². The third-order valence-corrected chi connectivity index (χ3v) is 4.27. The number of ether oxygens (including phenoxy) is 2. The van der Waals surface area contributed by atoms with Crippen molar-refractivity contribution in [2.24, 2.45) is 0 Å². The number of benzene rings is 1. The van der Waals surface area contributed by atoms with Crippen molar-refractivity contribution in [2.75, 3.05) is 40.4 Å². The molecule has 1 aromatic rings. The summed E-state index contributed by atoms with van der Waals surface area (Å²) >= 11 is 3.56. The molecule has 0 spiro atoms. The number of likely N-dealkylation sites (N-methyl/N-ethyl adjacent to an activating group) is 2. The monoisotopic (exact) mass is 342 g/mol. The maximum Gasteiger partial charge on any atom is 0.123 e. The Bertz CT molecular complexity index is 440. The summed E-state index contributed by atoms with van der Waals surface area (Å²) in [5.74, 6) is 0.920. The summed E-state index contributed by atoms with van der Waals surface area (Å²) in [5, 5.41) is 3.23. The molecule has 0 radical (unpaired) electrons. The lowest BCUT2D eigenvalue weighted by atomic mass is 9.97. The third-order valence-electron chi connectivity index (χ3n) is 3.78. The van der Waals surface area contributed by atoms with Crippen LogP contribution >= 0.6 is 15.9 Å². The van der Waals surface area contributed by atoms with Gasteiger partial charge < -0.3 is 14.8 Å². The maximum atomic E-state index is 5.98. The average Bonchev–Trinajstić information content (AvgIpc) is 2.47. The van der Waals surface area contributed by atoms with Crippen molar-refractivity contribution in [3.63, 3.8) is 0 Å². The van der Waals surface area contributed by atoms with Crippen molar-refractivity contribution < 1.29 is 9.47 Å². The predicted octanol–water partition coefficient (Wildman–Crippen LogP) is 2.44. The van der Waals surface area contributed by atoms with Gasteiger partial charge in [0.05, 0.1) is 25.9 Å². The molecule has 4 nitrogen and oxygen atoms in total. The summed E-state index contributed by atoms with van der Waals surface area (Å²) in [6.45, 7) is 5.77. The summed E-state index contributed by atoms with van der Waals surface area (Å²) in [6.07, 6.45) is 0.136. The fourth-order valence-electron chi connectivity index (χ4n) is 2.85. The molecule has 1 aliphatic rings. The van der Waals surface area contributed by atoms with E-state index in [0.29, 0.717) is 0 Å². The number of nitrogens with one attached hydrogen (secondary N) is 1. The van der Waals surface area contributed by atoms with Gasteiger partial charge in [-0.15, -0.1) is 0 Å². The minimum atomic E-state index is 0.136. The molecule has 20 heavy (non-hydrogen) atoms. The molecule has 1 heterocycles. The van der Waals surface area contributed by atoms with Crippen molar-refractivity contribution >= 4 is 15.9 Å². The van der Waals surface area contributed by atoms with E-state index < -0.39 is 0 Å². The molecule has 1 aliphatic heterocycles. The Labute approximate surface area is 129 Å². The Balaban J connectivity index is 2.39. The van der Waals surface area contributed by atoms with Gasteiger partial charge in [0.15, 0.2) is 0 Å². The summed E-state index contributed by atoms with van der Waals surface area (Å²) in [4.78, 5) is 2.45. The maximum absolute atomic E-state index is 5.98. The highest BCUT2D eigenvalue weighted by molar-refractivity contribution is 9.10. The second-order valence-corrected chi connectivity index (χ2v) is 5.84. The van der Waals surface area contributed by atoms with Crippen LogP contribution in [0, 0.1) is 0 Å². The molecule has 0 aliphatic carbocycles. The normalized spacial score (nSPS) is 23.8. The van der Waals surface area contributed by atoms with Crippen LogP contribution in [0.5, 0.6) is 5.75 Å². The zero-order valence-electron chi connectivity index (χ0n) is 12.4. The first-order valence-corrected chi connectivity index (χ1v) is 7.84. The lowest BCUT2D eigenvalue weighted by Gasteiger charge is -2.41. The van der Waals surface area contributed by atoms with Gasteiger partial charge >= 0.3 is 0 Å². The molecule has 1 aromatic carbocycles. The summed E-state index contributed by atoms with van der Waals surface area (Å²) in [5.41, 5.74) is 1.18. The zero-order valence-corrected chi connectivity index (χ0v) is 13.9. The van der Waals surface area contributed by atoms with Crippen LogP contribution in [0.4, 0.5) is 0 Å². The number of nitrogens with zero attached hydrogens (tertiary/aromatic N) is 1. The number of morpholine rings is 1. The molecule has 2 atom stereocenters. The highest BCUT2D eigenvalue weighted by Crippen LogP contribution is 2.36. The summed E-state index contributed by atoms with van der Waals surface area (Å²) < 4.78 is 12.6. The predicted molar refractivity (Wildman–Crippen MR) is 84.3 cm³/mol. The van der Waals surface area contributed by atoms with Gasteiger partial charge in [0.2, 0.25) is 0 Å². The minimum Gasteiger partial charge on any atom is -0.496 e. The van der Waals surface area contributed by atoms with E-state index in [-0.39, 0.29) is 12.1 Å². The van der Waals surface area contributed by atoms with Crippen LogP contribution in [-0.2, 0) is 4.74 Å². The van der Waals surface area contributed by atoms with Gasteiger partial charge in [-0.05, 0) is 31.8 Å². The summed E-state index contributed by atoms with van der Waals surface area (Å²) in [7, 11) is 3.68. The third kappa shape index (κ3) is 3.34. The Hall–Kier alpha value is -0.620. The van der Waals surface area contributed by atoms with E-state index in [9.17, 15) is 0 Å². The molecule has 0 bridgehead atoms. The van der Waals surface area contributed by atoms with Crippen molar-refractivity contribution in [1.82, 2.24) is 10.2 Å². The van der Waals surface area contributed by atoms with Crippen molar-refractivity contribution in [3.05, 3.63) is 28.2 Å². The van der Waals surface area contributed by atoms with Gasteiger partial charge in [-0.25, -0.2) is 0 Å². The zero-order chi connectivity index (χ0) is 14.5. The first-order valence-electron chi connectivity index (χ1n) is 7.05. The van der Waals surface area contributed by atoms with Crippen molar-refractivity contribution in [1.29, 1.82) is 0 Å². The highest BCUT2D eigenvalue weighted by Gasteiger charge is 2.34. The quantitative estimate of drug-likeness (QED) is 0.891. The van der Waals surface area contributed by atoms with Crippen LogP contribution in [-0.4, -0.2) is 51.4 Å². The van der Waals surface area contributed by atoms with E-state index in [4.69, 9.17) is 9.47 Å². The molecule has 112 valence electrons. The van der Waals surface area contributed by atoms with Gasteiger partial charge in [0, 0.05) is 23.1 Å². The van der Waals surface area contributed by atoms with Crippen LogP contribution in [0.15, 0.2) is 22.7 Å². The largest absolute Gasteiger partial charge is 0.496 e. The topological polar surface area (TPSA) is 33.7 Å². The molecule has 0 amide bonds. The molecule has 1 fully saturated rings. The number of hydrogen-bond acceptors (Lipinski definition) is 4. The van der Waals surface area contributed by atoms with Gasteiger partial charge in [-0.1, -0.05) is 22.9 Å². The second kappa shape index (κ2) is 7.41. The number of rotatable bonds is 5. The standard InChI is InChI=1S/C15H23BrN2O2/c1-4-18-7-8-20-14(10-17-2)15(18)12-9-11(16)5-6-13(12)19-3/h5-6,9,14-15,17H,4,7-8,10H2,1-3H3. The Morgan fingerprint density at radius 1 is 1.50 bits per heavy atom. The highest BCUT2D eigenvalue weighted by atomic mass is 79.9. The van der Waals surface area contributed by atoms with Crippen LogP contribution in [0.1, 0.15) is 18.5 Å². The van der Waals surface area contributed by atoms with Crippen LogP contribution in [0.25, 0.3) is 0 Å². The molecule has 0 aromatic heterocycles. The van der Waals surface area contributed by atoms with E-state index in [1.54, 1.807) is 7.11 Å². The minimum absolute atomic E-state index is 0.136.